The van der Waals surface area contributed by atoms with E-state index >= 15 is 0 Å². The molecule has 196 valence electrons. The molecule has 1 aliphatic heterocycles. The van der Waals surface area contributed by atoms with Crippen LogP contribution in [0.25, 0.3) is 0 Å². The molecule has 1 heterocycles. The predicted octanol–water partition coefficient (Wildman–Crippen LogP) is 7.46. The molecule has 4 aliphatic carbocycles. The first kappa shape index (κ1) is 25.7. The van der Waals surface area contributed by atoms with Crippen molar-refractivity contribution in [2.75, 3.05) is 7.11 Å². The Morgan fingerprint density at radius 1 is 1.14 bits per heavy atom. The minimum absolute atomic E-state index is 0.0138. The summed E-state index contributed by atoms with van der Waals surface area (Å²) >= 11 is 0. The molecule has 0 aromatic heterocycles. The number of ether oxygens (including phenoxy) is 2. The van der Waals surface area contributed by atoms with Gasteiger partial charge in [0.05, 0.1) is 6.10 Å². The van der Waals surface area contributed by atoms with Gasteiger partial charge < -0.3 is 14.6 Å². The minimum Gasteiger partial charge on any atom is -0.392 e. The maximum absolute atomic E-state index is 11.0. The molecule has 0 radical (unpaired) electrons. The van der Waals surface area contributed by atoms with Crippen LogP contribution in [0.2, 0.25) is 0 Å². The highest BCUT2D eigenvalue weighted by Crippen LogP contribution is 2.78. The molecule has 3 saturated carbocycles. The lowest BCUT2D eigenvalue weighted by atomic mass is 9.38. The molecule has 0 amide bonds. The lowest BCUT2D eigenvalue weighted by Gasteiger charge is -2.65. The third-order valence-corrected chi connectivity index (χ3v) is 12.4. The van der Waals surface area contributed by atoms with Gasteiger partial charge in [0.2, 0.25) is 0 Å². The SMILES string of the molecule is C=C(C)/C=C/C[C@@H](C)C[C@H]1CC[C@@]2(C)[C@@H]3C=C[C@@]45OC(OC)[C@]3(CC[C@]12C)[C@@H]4CC[C@H](O)C5(C)C. The van der Waals surface area contributed by atoms with Crippen molar-refractivity contribution in [3.05, 3.63) is 36.5 Å². The first-order chi connectivity index (χ1) is 16.4. The van der Waals surface area contributed by atoms with E-state index in [4.69, 9.17) is 9.47 Å². The zero-order valence-corrected chi connectivity index (χ0v) is 23.4. The van der Waals surface area contributed by atoms with Crippen LogP contribution in [-0.4, -0.2) is 30.2 Å². The zero-order chi connectivity index (χ0) is 25.4. The summed E-state index contributed by atoms with van der Waals surface area (Å²) in [5, 5.41) is 11.0. The van der Waals surface area contributed by atoms with Crippen molar-refractivity contribution in [1.82, 2.24) is 0 Å². The summed E-state index contributed by atoms with van der Waals surface area (Å²) in [6.45, 7) is 18.2. The van der Waals surface area contributed by atoms with Crippen LogP contribution in [0.3, 0.4) is 0 Å². The third-order valence-electron chi connectivity index (χ3n) is 12.4. The first-order valence-corrected chi connectivity index (χ1v) is 14.3. The molecule has 4 fully saturated rings. The fourth-order valence-corrected chi connectivity index (χ4v) is 10.1. The van der Waals surface area contributed by atoms with Crippen LogP contribution in [0, 0.1) is 45.3 Å². The van der Waals surface area contributed by atoms with E-state index < -0.39 is 5.60 Å². The number of fused-ring (bicyclic) bond motifs is 2. The number of hydrogen-bond acceptors (Lipinski definition) is 3. The molecule has 1 N–H and O–H groups in total. The number of hydrogen-bond donors (Lipinski definition) is 1. The molecule has 5 rings (SSSR count). The van der Waals surface area contributed by atoms with Gasteiger partial charge in [0.15, 0.2) is 6.29 Å². The van der Waals surface area contributed by atoms with E-state index in [1.54, 1.807) is 0 Å². The predicted molar refractivity (Wildman–Crippen MR) is 143 cm³/mol. The van der Waals surface area contributed by atoms with Crippen molar-refractivity contribution in [2.24, 2.45) is 45.3 Å². The van der Waals surface area contributed by atoms with E-state index in [2.05, 4.69) is 72.4 Å². The van der Waals surface area contributed by atoms with Crippen molar-refractivity contribution in [3.63, 3.8) is 0 Å². The highest BCUT2D eigenvalue weighted by atomic mass is 16.7. The van der Waals surface area contributed by atoms with E-state index in [-0.39, 0.29) is 28.6 Å². The molecule has 3 heteroatoms. The summed E-state index contributed by atoms with van der Waals surface area (Å²) in [6.07, 6.45) is 18.3. The number of allylic oxidation sites excluding steroid dienone is 4. The second-order valence-corrected chi connectivity index (χ2v) is 14.2. The highest BCUT2D eigenvalue weighted by molar-refractivity contribution is 5.34. The Labute approximate surface area is 214 Å². The average molecular weight is 483 g/mol. The minimum atomic E-state index is -0.423. The van der Waals surface area contributed by atoms with Crippen molar-refractivity contribution >= 4 is 0 Å². The van der Waals surface area contributed by atoms with Gasteiger partial charge in [-0.2, -0.15) is 0 Å². The summed E-state index contributed by atoms with van der Waals surface area (Å²) in [4.78, 5) is 0. The summed E-state index contributed by atoms with van der Waals surface area (Å²) < 4.78 is 13.2. The van der Waals surface area contributed by atoms with Crippen LogP contribution >= 0.6 is 0 Å². The van der Waals surface area contributed by atoms with E-state index in [9.17, 15) is 5.11 Å². The summed E-state index contributed by atoms with van der Waals surface area (Å²) in [5.41, 5.74) is 0.999. The van der Waals surface area contributed by atoms with Gasteiger partial charge in [0, 0.05) is 23.9 Å². The third kappa shape index (κ3) is 3.20. The Morgan fingerprint density at radius 2 is 1.89 bits per heavy atom. The molecule has 1 spiro atoms. The van der Waals surface area contributed by atoms with E-state index in [0.717, 1.165) is 30.8 Å². The van der Waals surface area contributed by atoms with Crippen LogP contribution in [0.4, 0.5) is 0 Å². The van der Waals surface area contributed by atoms with Crippen LogP contribution in [0.15, 0.2) is 36.5 Å². The summed E-state index contributed by atoms with van der Waals surface area (Å²) in [6, 6.07) is 0. The van der Waals surface area contributed by atoms with Gasteiger partial charge in [-0.25, -0.2) is 0 Å². The van der Waals surface area contributed by atoms with Gasteiger partial charge in [0.1, 0.15) is 5.60 Å². The van der Waals surface area contributed by atoms with E-state index in [0.29, 0.717) is 23.2 Å². The van der Waals surface area contributed by atoms with Crippen LogP contribution in [-0.2, 0) is 9.47 Å². The van der Waals surface area contributed by atoms with Gasteiger partial charge in [0.25, 0.3) is 0 Å². The maximum Gasteiger partial charge on any atom is 0.164 e. The van der Waals surface area contributed by atoms with Crippen molar-refractivity contribution in [1.29, 1.82) is 0 Å². The number of methoxy groups -OCH3 is 1. The van der Waals surface area contributed by atoms with Crippen LogP contribution in [0.5, 0.6) is 0 Å². The van der Waals surface area contributed by atoms with Crippen molar-refractivity contribution in [3.8, 4) is 0 Å². The molecule has 0 aromatic rings. The zero-order valence-electron chi connectivity index (χ0n) is 23.4. The lowest BCUT2D eigenvalue weighted by molar-refractivity contribution is -0.225. The van der Waals surface area contributed by atoms with E-state index in [1.807, 2.05) is 7.11 Å². The molecule has 2 bridgehead atoms. The summed E-state index contributed by atoms with van der Waals surface area (Å²) in [7, 11) is 1.84. The molecule has 5 aliphatic rings. The second-order valence-electron chi connectivity index (χ2n) is 14.2. The Balaban J connectivity index is 1.48. The fourth-order valence-electron chi connectivity index (χ4n) is 10.1. The standard InChI is InChI=1S/C32H50O3/c1-21(2)10-9-11-22(3)20-23-14-16-30(7)24-15-17-32-25(12-13-26(33)28(32,4)5)31(24,27(34-8)35-32)19-18-29(23,30)6/h9-10,15,17,22-27,33H,1,11-14,16,18-20H2,2-8H3/b10-9+/t22-,23-,24+,25+,26+,27?,29-,30+,31+,32-/m1/s1. The molecule has 3 nitrogen and oxygen atoms in total. The first-order valence-electron chi connectivity index (χ1n) is 14.3. The number of aliphatic hydroxyl groups is 1. The number of aliphatic hydroxyl groups excluding tert-OH is 1. The highest BCUT2D eigenvalue weighted by Gasteiger charge is 2.78. The normalized spacial score (nSPS) is 50.6. The van der Waals surface area contributed by atoms with Gasteiger partial charge in [-0.15, -0.1) is 0 Å². The maximum atomic E-state index is 11.0. The lowest BCUT2D eigenvalue weighted by Crippen LogP contribution is -2.65. The average Bonchev–Trinajstić information content (AvgIpc) is 3.15. The summed E-state index contributed by atoms with van der Waals surface area (Å²) in [5.74, 6) is 2.35. The fraction of sp³-hybridized carbons (Fsp3) is 0.812. The quantitative estimate of drug-likeness (QED) is 0.315. The van der Waals surface area contributed by atoms with Crippen LogP contribution < -0.4 is 0 Å². The van der Waals surface area contributed by atoms with Crippen molar-refractivity contribution < 1.29 is 14.6 Å². The largest absolute Gasteiger partial charge is 0.392 e. The Bertz CT molecular complexity index is 918. The number of rotatable bonds is 6. The van der Waals surface area contributed by atoms with Gasteiger partial charge in [-0.3, -0.25) is 0 Å². The molecular formula is C32H50O3. The van der Waals surface area contributed by atoms with Crippen LogP contribution in [0.1, 0.15) is 92.9 Å². The topological polar surface area (TPSA) is 38.7 Å². The molecule has 0 aromatic carbocycles. The van der Waals surface area contributed by atoms with Gasteiger partial charge >= 0.3 is 0 Å². The monoisotopic (exact) mass is 482 g/mol. The Morgan fingerprint density at radius 3 is 2.57 bits per heavy atom. The Hall–Kier alpha value is -0.900. The molecule has 35 heavy (non-hydrogen) atoms. The van der Waals surface area contributed by atoms with Crippen molar-refractivity contribution in [2.45, 2.75) is 111 Å². The molecule has 1 saturated heterocycles. The van der Waals surface area contributed by atoms with E-state index in [1.165, 1.54) is 32.1 Å². The Kier molecular flexibility index (Phi) is 6.10. The molecule has 1 unspecified atom stereocenters. The second kappa shape index (κ2) is 8.30. The molecular weight excluding hydrogens is 432 g/mol. The van der Waals surface area contributed by atoms with Gasteiger partial charge in [-0.05, 0) is 86.9 Å². The molecule has 10 atom stereocenters. The smallest absolute Gasteiger partial charge is 0.164 e. The van der Waals surface area contributed by atoms with Gasteiger partial charge in [-0.1, -0.05) is 71.1 Å².